The van der Waals surface area contributed by atoms with Crippen molar-refractivity contribution in [2.24, 2.45) is 0 Å². The lowest BCUT2D eigenvalue weighted by atomic mass is 10.0. The number of halogens is 1. The number of nitrogens with one attached hydrogen (secondary N) is 1. The SMILES string of the molecule is CCC(Nc1nc(N)ncc1Br)c1ccccc1. The summed E-state index contributed by atoms with van der Waals surface area (Å²) in [4.78, 5) is 8.12. The fraction of sp³-hybridized carbons (Fsp3) is 0.231. The number of nitrogens with zero attached hydrogens (tertiary/aromatic N) is 2. The highest BCUT2D eigenvalue weighted by Gasteiger charge is 2.11. The van der Waals surface area contributed by atoms with Gasteiger partial charge in [0.25, 0.3) is 0 Å². The molecule has 0 spiro atoms. The smallest absolute Gasteiger partial charge is 0.221 e. The molecule has 0 radical (unpaired) electrons. The Morgan fingerprint density at radius 2 is 2.06 bits per heavy atom. The molecule has 0 amide bonds. The van der Waals surface area contributed by atoms with E-state index in [2.05, 4.69) is 50.3 Å². The van der Waals surface area contributed by atoms with E-state index in [1.807, 2.05) is 18.2 Å². The maximum Gasteiger partial charge on any atom is 0.221 e. The zero-order chi connectivity index (χ0) is 13.0. The highest BCUT2D eigenvalue weighted by Crippen LogP contribution is 2.26. The molecule has 0 saturated carbocycles. The minimum absolute atomic E-state index is 0.205. The molecule has 4 nitrogen and oxygen atoms in total. The summed E-state index contributed by atoms with van der Waals surface area (Å²) >= 11 is 3.42. The predicted molar refractivity (Wildman–Crippen MR) is 77.2 cm³/mol. The molecule has 0 fully saturated rings. The highest BCUT2D eigenvalue weighted by molar-refractivity contribution is 9.10. The van der Waals surface area contributed by atoms with Crippen molar-refractivity contribution in [3.8, 4) is 0 Å². The van der Waals surface area contributed by atoms with Crippen molar-refractivity contribution in [3.05, 3.63) is 46.6 Å². The Bertz CT molecular complexity index is 516. The van der Waals surface area contributed by atoms with Gasteiger partial charge in [0.2, 0.25) is 5.95 Å². The Labute approximate surface area is 115 Å². The topological polar surface area (TPSA) is 63.8 Å². The lowest BCUT2D eigenvalue weighted by Crippen LogP contribution is -2.12. The minimum Gasteiger partial charge on any atom is -0.368 e. The van der Waals surface area contributed by atoms with Gasteiger partial charge in [0.1, 0.15) is 5.82 Å². The van der Waals surface area contributed by atoms with Crippen LogP contribution in [0, 0.1) is 0 Å². The Balaban J connectivity index is 2.23. The summed E-state index contributed by atoms with van der Waals surface area (Å²) in [5.74, 6) is 0.988. The molecule has 0 aliphatic rings. The lowest BCUT2D eigenvalue weighted by Gasteiger charge is -2.18. The number of benzene rings is 1. The third kappa shape index (κ3) is 2.98. The van der Waals surface area contributed by atoms with Crippen LogP contribution in [0.5, 0.6) is 0 Å². The first-order chi connectivity index (χ1) is 8.70. The normalized spacial score (nSPS) is 12.1. The molecule has 2 rings (SSSR count). The molecule has 0 bridgehead atoms. The summed E-state index contributed by atoms with van der Waals surface area (Å²) in [5.41, 5.74) is 6.83. The second-order valence-electron chi connectivity index (χ2n) is 3.94. The van der Waals surface area contributed by atoms with Gasteiger partial charge >= 0.3 is 0 Å². The van der Waals surface area contributed by atoms with Gasteiger partial charge in [0, 0.05) is 6.20 Å². The Morgan fingerprint density at radius 3 is 2.72 bits per heavy atom. The molecule has 18 heavy (non-hydrogen) atoms. The maximum absolute atomic E-state index is 5.60. The van der Waals surface area contributed by atoms with Crippen LogP contribution in [0.1, 0.15) is 24.9 Å². The zero-order valence-corrected chi connectivity index (χ0v) is 11.7. The van der Waals surface area contributed by atoms with Crippen LogP contribution >= 0.6 is 15.9 Å². The van der Waals surface area contributed by atoms with Crippen LogP contribution in [0.4, 0.5) is 11.8 Å². The van der Waals surface area contributed by atoms with Crippen LogP contribution in [-0.2, 0) is 0 Å². The molecule has 94 valence electrons. The van der Waals surface area contributed by atoms with E-state index in [9.17, 15) is 0 Å². The van der Waals surface area contributed by atoms with E-state index < -0.39 is 0 Å². The van der Waals surface area contributed by atoms with Gasteiger partial charge < -0.3 is 11.1 Å². The number of nitrogens with two attached hydrogens (primary N) is 1. The number of anilines is 2. The largest absolute Gasteiger partial charge is 0.368 e. The van der Waals surface area contributed by atoms with Gasteiger partial charge in [-0.05, 0) is 27.9 Å². The molecule has 0 aliphatic heterocycles. The van der Waals surface area contributed by atoms with Crippen molar-refractivity contribution in [2.45, 2.75) is 19.4 Å². The predicted octanol–water partition coefficient (Wildman–Crippen LogP) is 3.38. The van der Waals surface area contributed by atoms with E-state index in [-0.39, 0.29) is 12.0 Å². The van der Waals surface area contributed by atoms with Crippen molar-refractivity contribution >= 4 is 27.7 Å². The quantitative estimate of drug-likeness (QED) is 0.909. The van der Waals surface area contributed by atoms with Crippen molar-refractivity contribution < 1.29 is 0 Å². The standard InChI is InChI=1S/C13H15BrN4/c1-2-11(9-6-4-3-5-7-9)17-12-10(14)8-16-13(15)18-12/h3-8,11H,2H2,1H3,(H3,15,16,17,18). The lowest BCUT2D eigenvalue weighted by molar-refractivity contribution is 0.743. The van der Waals surface area contributed by atoms with E-state index in [0.717, 1.165) is 16.7 Å². The van der Waals surface area contributed by atoms with Gasteiger partial charge in [0.15, 0.2) is 0 Å². The van der Waals surface area contributed by atoms with Gasteiger partial charge in [-0.3, -0.25) is 0 Å². The minimum atomic E-state index is 0.205. The van der Waals surface area contributed by atoms with E-state index in [1.165, 1.54) is 5.56 Å². The van der Waals surface area contributed by atoms with Gasteiger partial charge in [-0.15, -0.1) is 0 Å². The molecule has 5 heteroatoms. The van der Waals surface area contributed by atoms with E-state index >= 15 is 0 Å². The van der Waals surface area contributed by atoms with E-state index in [0.29, 0.717) is 0 Å². The van der Waals surface area contributed by atoms with Crippen LogP contribution in [0.2, 0.25) is 0 Å². The Morgan fingerprint density at radius 1 is 1.33 bits per heavy atom. The monoisotopic (exact) mass is 306 g/mol. The van der Waals surface area contributed by atoms with Gasteiger partial charge in [-0.2, -0.15) is 4.98 Å². The van der Waals surface area contributed by atoms with Crippen LogP contribution in [0.3, 0.4) is 0 Å². The summed E-state index contributed by atoms with van der Waals surface area (Å²) in [6.07, 6.45) is 2.61. The van der Waals surface area contributed by atoms with Gasteiger partial charge in [0.05, 0.1) is 10.5 Å². The number of rotatable bonds is 4. The molecule has 1 atom stereocenters. The first-order valence-corrected chi connectivity index (χ1v) is 6.59. The molecule has 1 unspecified atom stereocenters. The van der Waals surface area contributed by atoms with Gasteiger partial charge in [-0.1, -0.05) is 37.3 Å². The zero-order valence-electron chi connectivity index (χ0n) is 10.1. The summed E-state index contributed by atoms with van der Waals surface area (Å²) < 4.78 is 0.811. The fourth-order valence-corrected chi connectivity index (χ4v) is 2.06. The van der Waals surface area contributed by atoms with Gasteiger partial charge in [-0.25, -0.2) is 4.98 Å². The number of hydrogen-bond donors (Lipinski definition) is 2. The molecule has 0 saturated heterocycles. The van der Waals surface area contributed by atoms with Crippen molar-refractivity contribution in [1.29, 1.82) is 0 Å². The van der Waals surface area contributed by atoms with Crippen molar-refractivity contribution in [1.82, 2.24) is 9.97 Å². The highest BCUT2D eigenvalue weighted by atomic mass is 79.9. The van der Waals surface area contributed by atoms with Crippen molar-refractivity contribution in [3.63, 3.8) is 0 Å². The molecule has 1 heterocycles. The van der Waals surface area contributed by atoms with Crippen LogP contribution < -0.4 is 11.1 Å². The fourth-order valence-electron chi connectivity index (χ4n) is 1.75. The summed E-state index contributed by atoms with van der Waals surface area (Å²) in [7, 11) is 0. The maximum atomic E-state index is 5.60. The second kappa shape index (κ2) is 5.82. The molecular formula is C13H15BrN4. The Hall–Kier alpha value is -1.62. The third-order valence-electron chi connectivity index (χ3n) is 2.68. The first-order valence-electron chi connectivity index (χ1n) is 5.80. The summed E-state index contributed by atoms with van der Waals surface area (Å²) in [6.45, 7) is 2.13. The second-order valence-corrected chi connectivity index (χ2v) is 4.79. The average Bonchev–Trinajstić information content (AvgIpc) is 2.41. The number of hydrogen-bond acceptors (Lipinski definition) is 4. The van der Waals surface area contributed by atoms with Crippen molar-refractivity contribution in [2.75, 3.05) is 11.1 Å². The summed E-state index contributed by atoms with van der Waals surface area (Å²) in [6, 6.07) is 10.5. The molecular weight excluding hydrogens is 292 g/mol. The molecule has 2 aromatic rings. The van der Waals surface area contributed by atoms with E-state index in [4.69, 9.17) is 5.73 Å². The third-order valence-corrected chi connectivity index (χ3v) is 3.26. The molecule has 3 N–H and O–H groups in total. The average molecular weight is 307 g/mol. The van der Waals surface area contributed by atoms with Crippen LogP contribution in [0.15, 0.2) is 41.0 Å². The molecule has 1 aromatic heterocycles. The van der Waals surface area contributed by atoms with Crippen LogP contribution in [0.25, 0.3) is 0 Å². The number of nitrogen functional groups attached to an aromatic ring is 1. The molecule has 0 aliphatic carbocycles. The summed E-state index contributed by atoms with van der Waals surface area (Å²) in [5, 5.41) is 3.38. The molecule has 1 aromatic carbocycles. The Kier molecular flexibility index (Phi) is 4.15. The number of aromatic nitrogens is 2. The first kappa shape index (κ1) is 12.8. The van der Waals surface area contributed by atoms with Crippen LogP contribution in [-0.4, -0.2) is 9.97 Å². The van der Waals surface area contributed by atoms with E-state index in [1.54, 1.807) is 6.20 Å².